The Hall–Kier alpha value is -9.77. The third-order valence-corrected chi connectivity index (χ3v) is 16.1. The number of fused-ring (bicyclic) bond motifs is 10. The lowest BCUT2D eigenvalue weighted by Crippen LogP contribution is -2.16. The van der Waals surface area contributed by atoms with Crippen LogP contribution in [0.5, 0.6) is 0 Å². The van der Waals surface area contributed by atoms with E-state index in [1.54, 1.807) is 0 Å². The normalized spacial score (nSPS) is 12.7. The molecule has 1 aliphatic carbocycles. The van der Waals surface area contributed by atoms with Gasteiger partial charge in [-0.15, -0.1) is 0 Å². The number of hydrogen-bond acceptors (Lipinski definition) is 2. The molecule has 0 bridgehead atoms. The van der Waals surface area contributed by atoms with Gasteiger partial charge in [0, 0.05) is 72.9 Å². The lowest BCUT2D eigenvalue weighted by molar-refractivity contribution is 0.660. The van der Waals surface area contributed by atoms with Gasteiger partial charge in [-0.1, -0.05) is 166 Å². The minimum atomic E-state index is -0.173. The molecule has 4 nitrogen and oxygen atoms in total. The summed E-state index contributed by atoms with van der Waals surface area (Å²) in [4.78, 5) is 7.00. The molecule has 0 unspecified atom stereocenters. The first-order valence-corrected chi connectivity index (χ1v) is 26.3. The molecule has 14 aromatic rings. The molecule has 3 heterocycles. The van der Waals surface area contributed by atoms with E-state index in [1.807, 2.05) is 12.4 Å². The number of hydrogen-bond donors (Lipinski definition) is 0. The maximum Gasteiger partial charge on any atom is 0.0547 e. The van der Waals surface area contributed by atoms with E-state index in [4.69, 9.17) is 0 Å². The van der Waals surface area contributed by atoms with Crippen LogP contribution < -0.4 is 4.90 Å². The Labute approximate surface area is 441 Å². The van der Waals surface area contributed by atoms with Gasteiger partial charge in [0.05, 0.1) is 33.4 Å². The highest BCUT2D eigenvalue weighted by Gasteiger charge is 2.38. The third-order valence-electron chi connectivity index (χ3n) is 16.1. The maximum atomic E-state index is 4.49. The number of anilines is 3. The summed E-state index contributed by atoms with van der Waals surface area (Å²) in [6.07, 6.45) is 3.85. The Balaban J connectivity index is 0.990. The fourth-order valence-electron chi connectivity index (χ4n) is 12.6. The van der Waals surface area contributed by atoms with Crippen LogP contribution in [0.25, 0.3) is 110 Å². The van der Waals surface area contributed by atoms with E-state index < -0.39 is 0 Å². The highest BCUT2D eigenvalue weighted by atomic mass is 15.1. The summed E-state index contributed by atoms with van der Waals surface area (Å²) >= 11 is 0. The van der Waals surface area contributed by atoms with Crippen molar-refractivity contribution in [1.29, 1.82) is 0 Å². The van der Waals surface area contributed by atoms with Gasteiger partial charge in [0.2, 0.25) is 0 Å². The van der Waals surface area contributed by atoms with E-state index in [0.717, 1.165) is 72.6 Å². The molecule has 15 rings (SSSR count). The van der Waals surface area contributed by atoms with E-state index in [1.165, 1.54) is 65.9 Å². The van der Waals surface area contributed by atoms with E-state index in [-0.39, 0.29) is 5.41 Å². The summed E-state index contributed by atoms with van der Waals surface area (Å²) < 4.78 is 4.81. The molecule has 1 aliphatic rings. The summed E-state index contributed by atoms with van der Waals surface area (Å²) in [5, 5.41) is 7.16. The highest BCUT2D eigenvalue weighted by Crippen LogP contribution is 2.55. The van der Waals surface area contributed by atoms with Crippen LogP contribution in [0.4, 0.5) is 17.1 Å². The Morgan fingerprint density at radius 1 is 0.355 bits per heavy atom. The second-order valence-corrected chi connectivity index (χ2v) is 20.8. The molecule has 0 N–H and O–H groups in total. The van der Waals surface area contributed by atoms with Crippen LogP contribution in [0, 0.1) is 0 Å². The summed E-state index contributed by atoms with van der Waals surface area (Å²) in [5.41, 5.74) is 22.2. The van der Waals surface area contributed by atoms with Crippen LogP contribution in [0.3, 0.4) is 0 Å². The Morgan fingerprint density at radius 2 is 0.921 bits per heavy atom. The predicted octanol–water partition coefficient (Wildman–Crippen LogP) is 19.2. The van der Waals surface area contributed by atoms with Crippen molar-refractivity contribution in [2.45, 2.75) is 19.3 Å². The Kier molecular flexibility index (Phi) is 9.88. The minimum absolute atomic E-state index is 0.173. The molecule has 4 heteroatoms. The first-order chi connectivity index (χ1) is 37.5. The summed E-state index contributed by atoms with van der Waals surface area (Å²) in [6.45, 7) is 4.73. The fraction of sp³-hybridized carbons (Fsp3) is 0.0417. The van der Waals surface area contributed by atoms with Crippen molar-refractivity contribution in [3.05, 3.63) is 278 Å². The molecule has 0 saturated heterocycles. The number of benzene rings is 11. The van der Waals surface area contributed by atoms with Crippen LogP contribution in [0.2, 0.25) is 0 Å². The van der Waals surface area contributed by atoms with Crippen LogP contribution in [0.1, 0.15) is 25.0 Å². The van der Waals surface area contributed by atoms with E-state index in [0.29, 0.717) is 0 Å². The molecule has 0 radical (unpaired) electrons. The molecule has 358 valence electrons. The predicted molar refractivity (Wildman–Crippen MR) is 319 cm³/mol. The quantitative estimate of drug-likeness (QED) is 0.152. The van der Waals surface area contributed by atoms with Crippen molar-refractivity contribution in [3.63, 3.8) is 0 Å². The van der Waals surface area contributed by atoms with Crippen molar-refractivity contribution >= 4 is 71.4 Å². The molecule has 0 saturated carbocycles. The molecule has 76 heavy (non-hydrogen) atoms. The third kappa shape index (κ3) is 6.81. The molecule has 3 aromatic heterocycles. The van der Waals surface area contributed by atoms with Gasteiger partial charge in [0.15, 0.2) is 0 Å². The van der Waals surface area contributed by atoms with Crippen LogP contribution in [0.15, 0.2) is 267 Å². The Bertz CT molecular complexity index is 4620. The van der Waals surface area contributed by atoms with E-state index in [2.05, 4.69) is 288 Å². The topological polar surface area (TPSA) is 26.0 Å². The SMILES string of the molecule is CC1(C)c2ccccc2-c2c(N(c3ccc4cnccc4c3)c3ccccc3-c3cc(-c4ccc5c(c4)c4ccccc4n5-c4ccccc4)cc(-c4ccc5c6ccccc6n(-c6ccccc6)c5c4)c3)cccc21. The number of para-hydroxylation sites is 5. The minimum Gasteiger partial charge on any atom is -0.309 e. The lowest BCUT2D eigenvalue weighted by Gasteiger charge is -2.31. The molecule has 0 amide bonds. The number of pyridine rings is 1. The van der Waals surface area contributed by atoms with Gasteiger partial charge in [-0.25, -0.2) is 0 Å². The number of aromatic nitrogens is 3. The average molecular weight is 971 g/mol. The molecular formula is C72H50N4. The second kappa shape index (κ2) is 17.2. The lowest BCUT2D eigenvalue weighted by atomic mass is 9.82. The van der Waals surface area contributed by atoms with Crippen LogP contribution >= 0.6 is 0 Å². The summed E-state index contributed by atoms with van der Waals surface area (Å²) in [7, 11) is 0. The molecule has 0 atom stereocenters. The van der Waals surface area contributed by atoms with Gasteiger partial charge in [-0.05, 0) is 153 Å². The van der Waals surface area contributed by atoms with Crippen molar-refractivity contribution in [2.75, 3.05) is 4.90 Å². The maximum absolute atomic E-state index is 4.49. The van der Waals surface area contributed by atoms with Crippen LogP contribution in [-0.4, -0.2) is 14.1 Å². The smallest absolute Gasteiger partial charge is 0.0547 e. The summed E-state index contributed by atoms with van der Waals surface area (Å²) in [6, 6.07) is 94.1. The van der Waals surface area contributed by atoms with Crippen molar-refractivity contribution in [2.24, 2.45) is 0 Å². The van der Waals surface area contributed by atoms with Crippen molar-refractivity contribution in [1.82, 2.24) is 14.1 Å². The van der Waals surface area contributed by atoms with Crippen LogP contribution in [-0.2, 0) is 5.41 Å². The highest BCUT2D eigenvalue weighted by molar-refractivity contribution is 6.12. The molecule has 11 aromatic carbocycles. The van der Waals surface area contributed by atoms with Gasteiger partial charge in [0.25, 0.3) is 0 Å². The second-order valence-electron chi connectivity index (χ2n) is 20.8. The molecule has 0 aliphatic heterocycles. The average Bonchev–Trinajstić information content (AvgIpc) is 4.08. The van der Waals surface area contributed by atoms with Crippen molar-refractivity contribution < 1.29 is 0 Å². The zero-order valence-corrected chi connectivity index (χ0v) is 42.2. The number of rotatable bonds is 8. The molecule has 0 fully saturated rings. The standard InChI is InChI=1S/C72H50N4/c1-72(2)63-26-13-9-25-61(63)71-64(72)27-17-31-69(71)76(56-35-32-50-46-73-39-38-49(50)43-56)65-28-14-10-22-57(65)53-41-51(47-34-37-68-62(44-47)59-24-12-16-30-67(59)74(68)54-18-5-3-6-19-54)40-52(42-53)48-33-36-60-58-23-11-15-29-66(58)75(70(60)45-48)55-20-7-4-8-21-55/h3-46H,1-2H3. The summed E-state index contributed by atoms with van der Waals surface area (Å²) in [5.74, 6) is 0. The first kappa shape index (κ1) is 43.8. The van der Waals surface area contributed by atoms with E-state index >= 15 is 0 Å². The number of nitrogens with zero attached hydrogens (tertiary/aromatic N) is 4. The molecule has 0 spiro atoms. The Morgan fingerprint density at radius 3 is 1.68 bits per heavy atom. The van der Waals surface area contributed by atoms with Gasteiger partial charge in [0.1, 0.15) is 0 Å². The van der Waals surface area contributed by atoms with Crippen molar-refractivity contribution in [3.8, 4) is 55.9 Å². The zero-order valence-electron chi connectivity index (χ0n) is 42.2. The first-order valence-electron chi connectivity index (χ1n) is 26.3. The van der Waals surface area contributed by atoms with Gasteiger partial charge >= 0.3 is 0 Å². The van der Waals surface area contributed by atoms with Gasteiger partial charge in [-0.3, -0.25) is 4.98 Å². The largest absolute Gasteiger partial charge is 0.309 e. The van der Waals surface area contributed by atoms with E-state index in [9.17, 15) is 0 Å². The van der Waals surface area contributed by atoms with Gasteiger partial charge < -0.3 is 14.0 Å². The monoisotopic (exact) mass is 970 g/mol. The zero-order chi connectivity index (χ0) is 50.5. The van der Waals surface area contributed by atoms with Gasteiger partial charge in [-0.2, -0.15) is 0 Å². The fourth-order valence-corrected chi connectivity index (χ4v) is 12.6. The molecular weight excluding hydrogens is 921 g/mol.